The molecule has 2 heterocycles. The zero-order chi connectivity index (χ0) is 15.0. The first-order valence-electron chi connectivity index (χ1n) is 7.31. The maximum absolute atomic E-state index is 4.71. The Labute approximate surface area is 138 Å². The van der Waals surface area contributed by atoms with Crippen LogP contribution in [0.5, 0.6) is 0 Å². The second kappa shape index (κ2) is 5.69. The molecule has 112 valence electrons. The molecule has 2 aromatic heterocycles. The van der Waals surface area contributed by atoms with E-state index in [4.69, 9.17) is 4.98 Å². The highest BCUT2D eigenvalue weighted by Gasteiger charge is 2.23. The van der Waals surface area contributed by atoms with Gasteiger partial charge >= 0.3 is 0 Å². The van der Waals surface area contributed by atoms with E-state index in [9.17, 15) is 0 Å². The second-order valence-electron chi connectivity index (χ2n) is 6.54. The highest BCUT2D eigenvalue weighted by atomic mass is 79.9. The molecule has 0 amide bonds. The molecule has 1 aliphatic carbocycles. The number of nitrogens with zero attached hydrogens (tertiary/aromatic N) is 2. The predicted molar refractivity (Wildman–Crippen MR) is 92.1 cm³/mol. The van der Waals surface area contributed by atoms with Crippen molar-refractivity contribution in [2.45, 2.75) is 51.5 Å². The van der Waals surface area contributed by atoms with Gasteiger partial charge in [0.2, 0.25) is 0 Å². The van der Waals surface area contributed by atoms with E-state index in [-0.39, 0.29) is 5.41 Å². The van der Waals surface area contributed by atoms with Crippen LogP contribution in [-0.4, -0.2) is 9.97 Å². The van der Waals surface area contributed by atoms with Crippen LogP contribution in [0.2, 0.25) is 0 Å². The van der Waals surface area contributed by atoms with Crippen LogP contribution < -0.4 is 5.32 Å². The van der Waals surface area contributed by atoms with E-state index in [2.05, 4.69) is 58.4 Å². The minimum absolute atomic E-state index is 0.0552. The molecule has 1 aliphatic rings. The maximum Gasteiger partial charge on any atom is 0.137 e. The standard InChI is InChI=1S/C16H20BrN3S/c1-16(2,3)15-19-13(17)9-14(20-15)18-11-5-4-6-12-10(11)7-8-21-12/h7-9,11H,4-6H2,1-3H3,(H,18,19,20). The molecular formula is C16H20BrN3S. The van der Waals surface area contributed by atoms with Gasteiger partial charge in [-0.15, -0.1) is 11.3 Å². The third-order valence-corrected chi connectivity index (χ3v) is 5.14. The van der Waals surface area contributed by atoms with Crippen LogP contribution in [0.25, 0.3) is 0 Å². The predicted octanol–water partition coefficient (Wildman–Crippen LogP) is 5.09. The molecule has 1 N–H and O–H groups in total. The summed E-state index contributed by atoms with van der Waals surface area (Å²) in [5, 5.41) is 5.80. The van der Waals surface area contributed by atoms with Crippen molar-refractivity contribution in [3.8, 4) is 0 Å². The van der Waals surface area contributed by atoms with Gasteiger partial charge in [0, 0.05) is 16.4 Å². The van der Waals surface area contributed by atoms with Gasteiger partial charge in [-0.25, -0.2) is 9.97 Å². The summed E-state index contributed by atoms with van der Waals surface area (Å²) >= 11 is 5.37. The normalized spacial score (nSPS) is 18.4. The van der Waals surface area contributed by atoms with Crippen molar-refractivity contribution in [3.63, 3.8) is 0 Å². The van der Waals surface area contributed by atoms with Gasteiger partial charge in [0.1, 0.15) is 16.2 Å². The fourth-order valence-corrected chi connectivity index (χ4v) is 4.01. The van der Waals surface area contributed by atoms with Crippen molar-refractivity contribution in [3.05, 3.63) is 38.4 Å². The molecule has 5 heteroatoms. The van der Waals surface area contributed by atoms with Crippen LogP contribution in [0.3, 0.4) is 0 Å². The molecule has 0 spiro atoms. The summed E-state index contributed by atoms with van der Waals surface area (Å²) in [6, 6.07) is 4.59. The van der Waals surface area contributed by atoms with E-state index in [1.54, 1.807) is 0 Å². The quantitative estimate of drug-likeness (QED) is 0.753. The Morgan fingerprint density at radius 1 is 1.33 bits per heavy atom. The maximum atomic E-state index is 4.71. The first-order valence-corrected chi connectivity index (χ1v) is 8.98. The van der Waals surface area contributed by atoms with Crippen LogP contribution in [0.15, 0.2) is 22.1 Å². The number of fused-ring (bicyclic) bond motifs is 1. The number of hydrogen-bond acceptors (Lipinski definition) is 4. The summed E-state index contributed by atoms with van der Waals surface area (Å²) in [6.45, 7) is 6.41. The van der Waals surface area contributed by atoms with Crippen molar-refractivity contribution in [1.82, 2.24) is 9.97 Å². The monoisotopic (exact) mass is 365 g/mol. The minimum Gasteiger partial charge on any atom is -0.363 e. The topological polar surface area (TPSA) is 37.8 Å². The van der Waals surface area contributed by atoms with Crippen LogP contribution in [-0.2, 0) is 11.8 Å². The van der Waals surface area contributed by atoms with Gasteiger partial charge in [0.25, 0.3) is 0 Å². The van der Waals surface area contributed by atoms with E-state index >= 15 is 0 Å². The molecule has 0 radical (unpaired) electrons. The summed E-state index contributed by atoms with van der Waals surface area (Å²) in [7, 11) is 0. The lowest BCUT2D eigenvalue weighted by atomic mass is 9.94. The van der Waals surface area contributed by atoms with E-state index in [0.717, 1.165) is 22.7 Å². The van der Waals surface area contributed by atoms with Gasteiger partial charge in [0.15, 0.2) is 0 Å². The van der Waals surface area contributed by atoms with Gasteiger partial charge in [0.05, 0.1) is 6.04 Å². The molecule has 3 nitrogen and oxygen atoms in total. The summed E-state index contributed by atoms with van der Waals surface area (Å²) in [5.74, 6) is 1.77. The molecule has 1 unspecified atom stereocenters. The third kappa shape index (κ3) is 3.29. The Balaban J connectivity index is 1.88. The summed E-state index contributed by atoms with van der Waals surface area (Å²) in [6.07, 6.45) is 3.62. The number of aromatic nitrogens is 2. The Morgan fingerprint density at radius 2 is 2.14 bits per heavy atom. The van der Waals surface area contributed by atoms with Crippen LogP contribution >= 0.6 is 27.3 Å². The van der Waals surface area contributed by atoms with Gasteiger partial charge in [-0.1, -0.05) is 20.8 Å². The summed E-state index contributed by atoms with van der Waals surface area (Å²) in [4.78, 5) is 10.7. The van der Waals surface area contributed by atoms with E-state index in [0.29, 0.717) is 6.04 Å². The number of thiophene rings is 1. The molecule has 3 rings (SSSR count). The van der Waals surface area contributed by atoms with E-state index in [1.165, 1.54) is 23.3 Å². The summed E-state index contributed by atoms with van der Waals surface area (Å²) in [5.41, 5.74) is 1.39. The molecule has 1 atom stereocenters. The molecule has 0 fully saturated rings. The zero-order valence-electron chi connectivity index (χ0n) is 12.6. The van der Waals surface area contributed by atoms with E-state index < -0.39 is 0 Å². The molecule has 0 aromatic carbocycles. The number of aryl methyl sites for hydroxylation is 1. The molecule has 2 aromatic rings. The highest BCUT2D eigenvalue weighted by Crippen LogP contribution is 2.35. The summed E-state index contributed by atoms with van der Waals surface area (Å²) < 4.78 is 0.839. The van der Waals surface area contributed by atoms with Crippen molar-refractivity contribution in [1.29, 1.82) is 0 Å². The van der Waals surface area contributed by atoms with Gasteiger partial charge in [-0.05, 0) is 52.2 Å². The van der Waals surface area contributed by atoms with Crippen molar-refractivity contribution in [2.75, 3.05) is 5.32 Å². The van der Waals surface area contributed by atoms with Gasteiger partial charge < -0.3 is 5.32 Å². The molecule has 0 saturated carbocycles. The third-order valence-electron chi connectivity index (χ3n) is 3.74. The lowest BCUT2D eigenvalue weighted by molar-refractivity contribution is 0.542. The number of rotatable bonds is 2. The first-order chi connectivity index (χ1) is 9.93. The lowest BCUT2D eigenvalue weighted by Crippen LogP contribution is -2.20. The average molecular weight is 366 g/mol. The smallest absolute Gasteiger partial charge is 0.137 e. The molecule has 21 heavy (non-hydrogen) atoms. The van der Waals surface area contributed by atoms with Crippen LogP contribution in [0.1, 0.15) is 55.9 Å². The number of halogens is 1. The van der Waals surface area contributed by atoms with Crippen molar-refractivity contribution < 1.29 is 0 Å². The number of hydrogen-bond donors (Lipinski definition) is 1. The Hall–Kier alpha value is -0.940. The minimum atomic E-state index is -0.0552. The van der Waals surface area contributed by atoms with Crippen molar-refractivity contribution >= 4 is 33.1 Å². The average Bonchev–Trinajstić information content (AvgIpc) is 2.86. The van der Waals surface area contributed by atoms with E-state index in [1.807, 2.05) is 17.4 Å². The highest BCUT2D eigenvalue weighted by molar-refractivity contribution is 9.10. The largest absolute Gasteiger partial charge is 0.363 e. The fourth-order valence-electron chi connectivity index (χ4n) is 2.64. The second-order valence-corrected chi connectivity index (χ2v) is 8.35. The molecule has 0 saturated heterocycles. The Morgan fingerprint density at radius 3 is 2.90 bits per heavy atom. The fraction of sp³-hybridized carbons (Fsp3) is 0.500. The molecule has 0 bridgehead atoms. The lowest BCUT2D eigenvalue weighted by Gasteiger charge is -2.25. The van der Waals surface area contributed by atoms with Crippen LogP contribution in [0, 0.1) is 0 Å². The number of anilines is 1. The zero-order valence-corrected chi connectivity index (χ0v) is 15.0. The SMILES string of the molecule is CC(C)(C)c1nc(Br)cc(NC2CCCc3sccc32)n1. The van der Waals surface area contributed by atoms with Gasteiger partial charge in [-0.3, -0.25) is 0 Å². The molecule has 0 aliphatic heterocycles. The van der Waals surface area contributed by atoms with Crippen molar-refractivity contribution in [2.24, 2.45) is 0 Å². The Kier molecular flexibility index (Phi) is 4.06. The van der Waals surface area contributed by atoms with Crippen LogP contribution in [0.4, 0.5) is 5.82 Å². The number of nitrogens with one attached hydrogen (secondary N) is 1. The van der Waals surface area contributed by atoms with Gasteiger partial charge in [-0.2, -0.15) is 0 Å². The Bertz CT molecular complexity index is 645. The molecular weight excluding hydrogens is 346 g/mol. The first kappa shape index (κ1) is 15.0.